The molecule has 0 aliphatic heterocycles. The third-order valence-electron chi connectivity index (χ3n) is 4.14. The van der Waals surface area contributed by atoms with Gasteiger partial charge in [0.1, 0.15) is 17.1 Å². The molecule has 0 aliphatic carbocycles. The lowest BCUT2D eigenvalue weighted by Crippen LogP contribution is -3.05. The number of ether oxygens (including phenoxy) is 1. The zero-order valence-electron chi connectivity index (χ0n) is 15.1. The molecule has 4 nitrogen and oxygen atoms in total. The van der Waals surface area contributed by atoms with E-state index in [-0.39, 0.29) is 0 Å². The highest BCUT2D eigenvalue weighted by Gasteiger charge is 2.06. The van der Waals surface area contributed by atoms with Crippen LogP contribution in [0, 0.1) is 0 Å². The Morgan fingerprint density at radius 2 is 1.80 bits per heavy atom. The first-order valence-corrected chi connectivity index (χ1v) is 8.64. The van der Waals surface area contributed by atoms with Crippen LogP contribution in [0.15, 0.2) is 64.0 Å². The second kappa shape index (κ2) is 7.99. The van der Waals surface area contributed by atoms with Gasteiger partial charge < -0.3 is 14.1 Å². The number of quaternary nitrogens is 1. The van der Waals surface area contributed by atoms with Gasteiger partial charge in [0.2, 0.25) is 0 Å². The summed E-state index contributed by atoms with van der Waals surface area (Å²) in [7, 11) is 6.00. The van der Waals surface area contributed by atoms with E-state index >= 15 is 0 Å². The Hall–Kier alpha value is -2.59. The van der Waals surface area contributed by atoms with Crippen molar-refractivity contribution in [2.45, 2.75) is 6.42 Å². The van der Waals surface area contributed by atoms with Crippen LogP contribution in [0.2, 0.25) is 0 Å². The lowest BCUT2D eigenvalue weighted by atomic mass is 10.1. The fourth-order valence-electron chi connectivity index (χ4n) is 2.78. The second-order valence-corrected chi connectivity index (χ2v) is 6.41. The maximum absolute atomic E-state index is 6.10. The largest absolute Gasteiger partial charge is 0.497 e. The third-order valence-corrected chi connectivity index (χ3v) is 4.14. The van der Waals surface area contributed by atoms with Crippen molar-refractivity contribution in [3.8, 4) is 17.1 Å². The van der Waals surface area contributed by atoms with Crippen LogP contribution in [0.3, 0.4) is 0 Å². The van der Waals surface area contributed by atoms with Crippen LogP contribution in [-0.2, 0) is 0 Å². The zero-order chi connectivity index (χ0) is 17.6. The minimum atomic E-state index is 0.818. The Kier molecular flexibility index (Phi) is 5.51. The minimum Gasteiger partial charge on any atom is -0.497 e. The number of rotatable bonds is 6. The summed E-state index contributed by atoms with van der Waals surface area (Å²) < 4.78 is 11.3. The lowest BCUT2D eigenvalue weighted by molar-refractivity contribution is -0.858. The molecule has 1 heterocycles. The molecule has 0 unspecified atom stereocenters. The van der Waals surface area contributed by atoms with Crippen molar-refractivity contribution in [1.29, 1.82) is 0 Å². The van der Waals surface area contributed by atoms with Gasteiger partial charge in [0.15, 0.2) is 0 Å². The average Bonchev–Trinajstić information content (AvgIpc) is 2.65. The first kappa shape index (κ1) is 17.2. The van der Waals surface area contributed by atoms with Crippen LogP contribution in [0.5, 0.6) is 5.75 Å². The Morgan fingerprint density at radius 1 is 1.04 bits per heavy atom. The molecule has 130 valence electrons. The second-order valence-electron chi connectivity index (χ2n) is 6.41. The van der Waals surface area contributed by atoms with Crippen molar-refractivity contribution in [2.75, 3.05) is 34.3 Å². The monoisotopic (exact) mass is 337 g/mol. The van der Waals surface area contributed by atoms with E-state index in [1.807, 2.05) is 48.5 Å². The highest BCUT2D eigenvalue weighted by molar-refractivity contribution is 5.78. The standard InChI is InChI=1S/C21H24N2O2/c1-23(2)14-6-13-22-19-15-21(16-9-11-17(24-3)12-10-16)25-20-8-5-4-7-18(19)20/h4-5,7-12,15H,6,13-14H2,1-3H3/p+1. The number of fused-ring (bicyclic) bond motifs is 1. The molecular formula is C21H25N2O2+. The summed E-state index contributed by atoms with van der Waals surface area (Å²) in [5, 5.41) is 2.04. The van der Waals surface area contributed by atoms with Gasteiger partial charge in [-0.25, -0.2) is 0 Å². The van der Waals surface area contributed by atoms with Gasteiger partial charge in [0.25, 0.3) is 0 Å². The predicted octanol–water partition coefficient (Wildman–Crippen LogP) is 2.54. The molecule has 0 spiro atoms. The number of para-hydroxylation sites is 1. The van der Waals surface area contributed by atoms with Gasteiger partial charge in [-0.15, -0.1) is 0 Å². The Bertz CT molecular complexity index is 896. The summed E-state index contributed by atoms with van der Waals surface area (Å²) in [6, 6.07) is 18.0. The number of methoxy groups -OCH3 is 1. The average molecular weight is 337 g/mol. The molecule has 4 heteroatoms. The van der Waals surface area contributed by atoms with Crippen LogP contribution in [0.1, 0.15) is 6.42 Å². The van der Waals surface area contributed by atoms with E-state index in [1.165, 1.54) is 4.90 Å². The van der Waals surface area contributed by atoms with Gasteiger partial charge in [-0.2, -0.15) is 0 Å². The van der Waals surface area contributed by atoms with E-state index in [2.05, 4.69) is 20.2 Å². The van der Waals surface area contributed by atoms with E-state index in [0.29, 0.717) is 0 Å². The van der Waals surface area contributed by atoms with Crippen molar-refractivity contribution in [3.63, 3.8) is 0 Å². The van der Waals surface area contributed by atoms with Crippen molar-refractivity contribution >= 4 is 11.0 Å². The number of hydrogen-bond acceptors (Lipinski definition) is 3. The molecule has 0 saturated heterocycles. The molecule has 0 fully saturated rings. The van der Waals surface area contributed by atoms with E-state index in [1.54, 1.807) is 7.11 Å². The van der Waals surface area contributed by atoms with Gasteiger partial charge in [0.05, 0.1) is 33.1 Å². The molecule has 0 radical (unpaired) electrons. The summed E-state index contributed by atoms with van der Waals surface area (Å²) in [6.45, 7) is 1.94. The van der Waals surface area contributed by atoms with Crippen molar-refractivity contribution in [1.82, 2.24) is 0 Å². The van der Waals surface area contributed by atoms with E-state index < -0.39 is 0 Å². The zero-order valence-corrected chi connectivity index (χ0v) is 15.1. The molecule has 3 rings (SSSR count). The fraction of sp³-hybridized carbons (Fsp3) is 0.286. The highest BCUT2D eigenvalue weighted by Crippen LogP contribution is 2.24. The summed E-state index contributed by atoms with van der Waals surface area (Å²) in [5.41, 5.74) is 1.87. The molecule has 0 saturated carbocycles. The Labute approximate surface area is 148 Å². The molecule has 0 atom stereocenters. The summed E-state index contributed by atoms with van der Waals surface area (Å²) in [4.78, 5) is 6.27. The molecule has 25 heavy (non-hydrogen) atoms. The molecule has 2 aromatic carbocycles. The maximum Gasteiger partial charge on any atom is 0.136 e. The van der Waals surface area contributed by atoms with Crippen molar-refractivity contribution < 1.29 is 14.1 Å². The molecule has 0 bridgehead atoms. The Morgan fingerprint density at radius 3 is 2.52 bits per heavy atom. The molecule has 0 amide bonds. The van der Waals surface area contributed by atoms with Gasteiger partial charge in [-0.05, 0) is 36.4 Å². The molecule has 3 aromatic rings. The lowest BCUT2D eigenvalue weighted by Gasteiger charge is -2.07. The number of nitrogens with one attached hydrogen (secondary N) is 1. The smallest absolute Gasteiger partial charge is 0.136 e. The first-order valence-electron chi connectivity index (χ1n) is 8.64. The van der Waals surface area contributed by atoms with E-state index in [0.717, 1.165) is 52.9 Å². The van der Waals surface area contributed by atoms with Crippen LogP contribution in [0.4, 0.5) is 0 Å². The van der Waals surface area contributed by atoms with Gasteiger partial charge in [-0.3, -0.25) is 4.99 Å². The SMILES string of the molecule is COc1ccc(-c2cc(=NCCC[NH+](C)C)c3ccccc3o2)cc1. The topological polar surface area (TPSA) is 39.2 Å². The maximum atomic E-state index is 6.10. The van der Waals surface area contributed by atoms with Crippen LogP contribution in [0.25, 0.3) is 22.3 Å². The van der Waals surface area contributed by atoms with Crippen LogP contribution in [-0.4, -0.2) is 34.3 Å². The Balaban J connectivity index is 2.00. The molecule has 1 N–H and O–H groups in total. The minimum absolute atomic E-state index is 0.818. The third kappa shape index (κ3) is 4.28. The van der Waals surface area contributed by atoms with Gasteiger partial charge >= 0.3 is 0 Å². The van der Waals surface area contributed by atoms with E-state index in [9.17, 15) is 0 Å². The number of nitrogens with zero attached hydrogens (tertiary/aromatic N) is 1. The normalized spacial score (nSPS) is 12.1. The van der Waals surface area contributed by atoms with Gasteiger partial charge in [0, 0.05) is 30.0 Å². The van der Waals surface area contributed by atoms with Crippen molar-refractivity contribution in [3.05, 3.63) is 60.0 Å². The summed E-state index contributed by atoms with van der Waals surface area (Å²) in [6.07, 6.45) is 1.07. The van der Waals surface area contributed by atoms with Crippen LogP contribution >= 0.6 is 0 Å². The number of benzene rings is 2. The summed E-state index contributed by atoms with van der Waals surface area (Å²) in [5.74, 6) is 1.65. The molecule has 1 aromatic heterocycles. The predicted molar refractivity (Wildman–Crippen MR) is 101 cm³/mol. The number of hydrogen-bond donors (Lipinski definition) is 1. The fourth-order valence-corrected chi connectivity index (χ4v) is 2.78. The first-order chi connectivity index (χ1) is 12.2. The highest BCUT2D eigenvalue weighted by atomic mass is 16.5. The molecular weight excluding hydrogens is 312 g/mol. The van der Waals surface area contributed by atoms with E-state index in [4.69, 9.17) is 14.1 Å². The van der Waals surface area contributed by atoms with Crippen LogP contribution < -0.4 is 15.0 Å². The van der Waals surface area contributed by atoms with Gasteiger partial charge in [-0.1, -0.05) is 12.1 Å². The molecule has 0 aliphatic rings. The summed E-state index contributed by atoms with van der Waals surface area (Å²) >= 11 is 0. The van der Waals surface area contributed by atoms with Crippen molar-refractivity contribution in [2.24, 2.45) is 4.99 Å². The quantitative estimate of drug-likeness (QED) is 0.702.